The van der Waals surface area contributed by atoms with Crippen molar-refractivity contribution in [2.45, 2.75) is 36.9 Å². The van der Waals surface area contributed by atoms with E-state index in [-0.39, 0.29) is 5.91 Å². The fourth-order valence-electron chi connectivity index (χ4n) is 1.95. The number of rotatable bonds is 5. The summed E-state index contributed by atoms with van der Waals surface area (Å²) in [4.78, 5) is 12.1. The van der Waals surface area contributed by atoms with E-state index >= 15 is 0 Å². The topological polar surface area (TPSA) is 81.9 Å². The summed E-state index contributed by atoms with van der Waals surface area (Å²) >= 11 is 1.51. The minimum absolute atomic E-state index is 0.0242. The van der Waals surface area contributed by atoms with Crippen molar-refractivity contribution in [3.63, 3.8) is 0 Å². The van der Waals surface area contributed by atoms with Gasteiger partial charge >= 0.3 is 0 Å². The molecule has 0 aromatic carbocycles. The molecule has 19 heavy (non-hydrogen) atoms. The molecule has 1 unspecified atom stereocenters. The van der Waals surface area contributed by atoms with Crippen molar-refractivity contribution >= 4 is 17.7 Å². The highest BCUT2D eigenvalue weighted by Crippen LogP contribution is 2.24. The summed E-state index contributed by atoms with van der Waals surface area (Å²) in [6.45, 7) is 3.11. The molecule has 1 saturated heterocycles. The summed E-state index contributed by atoms with van der Waals surface area (Å²) in [5.41, 5.74) is -0.657. The third-order valence-electron chi connectivity index (χ3n) is 3.15. The number of carbonyl (C=O) groups excluding carboxylic acids is 1. The van der Waals surface area contributed by atoms with Crippen LogP contribution in [0.3, 0.4) is 0 Å². The van der Waals surface area contributed by atoms with Crippen LogP contribution in [0.1, 0.15) is 26.2 Å². The van der Waals surface area contributed by atoms with Crippen molar-refractivity contribution < 1.29 is 9.53 Å². The molecule has 0 spiro atoms. The summed E-state index contributed by atoms with van der Waals surface area (Å²) in [6.07, 6.45) is 2.88. The smallest absolute Gasteiger partial charge is 0.251 e. The first-order chi connectivity index (χ1) is 9.12. The number of nitrogens with one attached hydrogen (secondary N) is 1. The van der Waals surface area contributed by atoms with Crippen LogP contribution in [-0.4, -0.2) is 50.6 Å². The zero-order valence-electron chi connectivity index (χ0n) is 11.3. The Labute approximate surface area is 116 Å². The average molecular weight is 285 g/mol. The van der Waals surface area contributed by atoms with E-state index < -0.39 is 5.60 Å². The molecule has 1 fully saturated rings. The second kappa shape index (κ2) is 6.33. The third-order valence-corrected chi connectivity index (χ3v) is 4.16. The van der Waals surface area contributed by atoms with Crippen LogP contribution in [0.5, 0.6) is 0 Å². The maximum Gasteiger partial charge on any atom is 0.251 e. The predicted molar refractivity (Wildman–Crippen MR) is 70.7 cm³/mol. The molecular weight excluding hydrogens is 266 g/mol. The Bertz CT molecular complexity index is 430. The lowest BCUT2D eigenvalue weighted by Gasteiger charge is -2.32. The van der Waals surface area contributed by atoms with Crippen LogP contribution in [0.15, 0.2) is 5.16 Å². The van der Waals surface area contributed by atoms with Crippen molar-refractivity contribution in [1.29, 1.82) is 0 Å². The van der Waals surface area contributed by atoms with Crippen molar-refractivity contribution in [2.75, 3.05) is 18.9 Å². The van der Waals surface area contributed by atoms with Crippen molar-refractivity contribution in [1.82, 2.24) is 25.5 Å². The van der Waals surface area contributed by atoms with Gasteiger partial charge in [0.25, 0.3) is 5.91 Å². The van der Waals surface area contributed by atoms with Gasteiger partial charge in [0, 0.05) is 26.0 Å². The van der Waals surface area contributed by atoms with E-state index in [1.165, 1.54) is 11.8 Å². The lowest BCUT2D eigenvalue weighted by molar-refractivity contribution is -0.150. The summed E-state index contributed by atoms with van der Waals surface area (Å²) in [5, 5.41) is 14.8. The van der Waals surface area contributed by atoms with E-state index in [1.54, 1.807) is 11.7 Å². The largest absolute Gasteiger partial charge is 0.365 e. The van der Waals surface area contributed by atoms with Gasteiger partial charge in [-0.15, -0.1) is 5.10 Å². The first kappa shape index (κ1) is 14.3. The van der Waals surface area contributed by atoms with Crippen LogP contribution in [0.4, 0.5) is 0 Å². The fraction of sp³-hybridized carbons (Fsp3) is 0.818. The highest BCUT2D eigenvalue weighted by molar-refractivity contribution is 7.99. The van der Waals surface area contributed by atoms with E-state index in [2.05, 4.69) is 20.8 Å². The van der Waals surface area contributed by atoms with Crippen LogP contribution in [0.25, 0.3) is 0 Å². The molecule has 0 radical (unpaired) electrons. The Morgan fingerprint density at radius 2 is 2.42 bits per heavy atom. The van der Waals surface area contributed by atoms with Gasteiger partial charge in [-0.3, -0.25) is 4.79 Å². The van der Waals surface area contributed by atoms with Crippen LogP contribution in [0, 0.1) is 0 Å². The number of amides is 1. The monoisotopic (exact) mass is 285 g/mol. The zero-order chi connectivity index (χ0) is 13.7. The first-order valence-electron chi connectivity index (χ1n) is 6.39. The van der Waals surface area contributed by atoms with Crippen LogP contribution in [-0.2, 0) is 16.6 Å². The van der Waals surface area contributed by atoms with Crippen molar-refractivity contribution in [3.05, 3.63) is 0 Å². The Balaban J connectivity index is 1.70. The van der Waals surface area contributed by atoms with Gasteiger partial charge in [-0.2, -0.15) is 0 Å². The van der Waals surface area contributed by atoms with Crippen LogP contribution >= 0.6 is 11.8 Å². The van der Waals surface area contributed by atoms with Gasteiger partial charge in [0.15, 0.2) is 0 Å². The van der Waals surface area contributed by atoms with Gasteiger partial charge in [-0.05, 0) is 36.6 Å². The molecule has 1 N–H and O–H groups in total. The van der Waals surface area contributed by atoms with Gasteiger partial charge in [0.2, 0.25) is 5.16 Å². The number of aromatic nitrogens is 4. The molecule has 1 aromatic rings. The summed E-state index contributed by atoms with van der Waals surface area (Å²) in [5.74, 6) is 0.708. The summed E-state index contributed by atoms with van der Waals surface area (Å²) < 4.78 is 7.20. The number of ether oxygens (including phenoxy) is 1. The van der Waals surface area contributed by atoms with Gasteiger partial charge in [0.1, 0.15) is 5.60 Å². The predicted octanol–water partition coefficient (Wildman–Crippen LogP) is 0.378. The molecule has 0 bridgehead atoms. The first-order valence-corrected chi connectivity index (χ1v) is 7.38. The average Bonchev–Trinajstić information content (AvgIpc) is 2.81. The number of thioether (sulfide) groups is 1. The molecule has 0 saturated carbocycles. The lowest BCUT2D eigenvalue weighted by Crippen LogP contribution is -2.48. The van der Waals surface area contributed by atoms with Gasteiger partial charge < -0.3 is 10.1 Å². The Hall–Kier alpha value is -1.15. The van der Waals surface area contributed by atoms with E-state index in [1.807, 2.05) is 6.92 Å². The molecule has 1 aromatic heterocycles. The van der Waals surface area contributed by atoms with E-state index in [0.717, 1.165) is 30.2 Å². The normalized spacial score (nSPS) is 23.3. The number of hydrogen-bond donors (Lipinski definition) is 1. The van der Waals surface area contributed by atoms with Crippen molar-refractivity contribution in [3.8, 4) is 0 Å². The Kier molecular flexibility index (Phi) is 4.76. The summed E-state index contributed by atoms with van der Waals surface area (Å²) in [6, 6.07) is 0. The number of carbonyl (C=O) groups is 1. The van der Waals surface area contributed by atoms with Gasteiger partial charge in [-0.1, -0.05) is 11.8 Å². The molecule has 2 rings (SSSR count). The standard InChI is InChI=1S/C11H19N5O2S/c1-11(5-3-4-7-18-11)9(17)12-6-8-19-10-13-14-15-16(10)2/h3-8H2,1-2H3,(H,12,17). The third kappa shape index (κ3) is 3.66. The molecular formula is C11H19N5O2S. The maximum atomic E-state index is 12.1. The van der Waals surface area contributed by atoms with Gasteiger partial charge in [0.05, 0.1) is 0 Å². The molecule has 1 aliphatic heterocycles. The Morgan fingerprint density at radius 3 is 3.05 bits per heavy atom. The molecule has 8 heteroatoms. The summed E-state index contributed by atoms with van der Waals surface area (Å²) in [7, 11) is 1.79. The zero-order valence-corrected chi connectivity index (χ0v) is 12.1. The number of nitrogens with zero attached hydrogens (tertiary/aromatic N) is 4. The minimum Gasteiger partial charge on any atom is -0.365 e. The second-order valence-corrected chi connectivity index (χ2v) is 5.79. The highest BCUT2D eigenvalue weighted by Gasteiger charge is 2.35. The van der Waals surface area contributed by atoms with Gasteiger partial charge in [-0.25, -0.2) is 4.68 Å². The van der Waals surface area contributed by atoms with E-state index in [4.69, 9.17) is 4.74 Å². The maximum absolute atomic E-state index is 12.1. The molecule has 2 heterocycles. The number of tetrazole rings is 1. The van der Waals surface area contributed by atoms with E-state index in [9.17, 15) is 4.79 Å². The SMILES string of the molecule is Cn1nnnc1SCCNC(=O)C1(C)CCCCO1. The molecule has 1 aliphatic rings. The molecule has 106 valence electrons. The van der Waals surface area contributed by atoms with Crippen molar-refractivity contribution in [2.24, 2.45) is 7.05 Å². The quantitative estimate of drug-likeness (QED) is 0.622. The minimum atomic E-state index is -0.657. The number of aryl methyl sites for hydroxylation is 1. The fourth-order valence-corrected chi connectivity index (χ4v) is 2.65. The second-order valence-electron chi connectivity index (χ2n) is 4.73. The molecule has 1 amide bonds. The molecule has 0 aliphatic carbocycles. The number of hydrogen-bond acceptors (Lipinski definition) is 6. The molecule has 1 atom stereocenters. The Morgan fingerprint density at radius 1 is 1.58 bits per heavy atom. The molecule has 7 nitrogen and oxygen atoms in total. The highest BCUT2D eigenvalue weighted by atomic mass is 32.2. The van der Waals surface area contributed by atoms with Crippen LogP contribution in [0.2, 0.25) is 0 Å². The van der Waals surface area contributed by atoms with Crippen LogP contribution < -0.4 is 5.32 Å². The van der Waals surface area contributed by atoms with E-state index in [0.29, 0.717) is 13.2 Å². The lowest BCUT2D eigenvalue weighted by atomic mass is 9.95.